The molecule has 1 unspecified atom stereocenters. The maximum atomic E-state index is 14.8. The van der Waals surface area contributed by atoms with Gasteiger partial charge >= 0.3 is 7.37 Å². The van der Waals surface area contributed by atoms with Gasteiger partial charge in [0.25, 0.3) is 0 Å². The number of hydrogen-bond acceptors (Lipinski definition) is 8. The van der Waals surface area contributed by atoms with E-state index < -0.39 is 24.2 Å². The van der Waals surface area contributed by atoms with Crippen LogP contribution < -0.4 is 38.8 Å². The summed E-state index contributed by atoms with van der Waals surface area (Å²) in [6.45, 7) is 41.2. The molecule has 0 fully saturated rings. The minimum Gasteiger partial charge on any atom is -0.507 e. The van der Waals surface area contributed by atoms with Crippen LogP contribution >= 0.6 is 7.37 Å². The highest BCUT2D eigenvalue weighted by Gasteiger charge is 2.40. The highest BCUT2D eigenvalue weighted by molar-refractivity contribution is 7.75. The third-order valence-electron chi connectivity index (χ3n) is 17.3. The molecule has 0 saturated carbocycles. The molecule has 10 rings (SSSR count). The molecular formula is C80H89O8P. The first-order chi connectivity index (χ1) is 41.7. The molecule has 462 valence electrons. The number of aryl methyl sites for hydroxylation is 8. The van der Waals surface area contributed by atoms with Gasteiger partial charge in [-0.1, -0.05) is 123 Å². The van der Waals surface area contributed by atoms with Crippen molar-refractivity contribution in [2.24, 2.45) is 0 Å². The number of phenolic OH excluding ortho intramolecular Hbond substituents is 1. The minimum absolute atomic E-state index is 0.110. The quantitative estimate of drug-likeness (QED) is 0.0850. The average molecular weight is 1210 g/mol. The second kappa shape index (κ2) is 24.0. The molecule has 0 spiro atoms. The molecule has 1 N–H and O–H groups in total. The van der Waals surface area contributed by atoms with Crippen molar-refractivity contribution in [3.05, 3.63) is 242 Å². The fourth-order valence-electron chi connectivity index (χ4n) is 12.5. The summed E-state index contributed by atoms with van der Waals surface area (Å²) < 4.78 is 54.6. The lowest BCUT2D eigenvalue weighted by Crippen LogP contribution is -2.32. The van der Waals surface area contributed by atoms with Gasteiger partial charge in [-0.15, -0.1) is 0 Å². The lowest BCUT2D eigenvalue weighted by atomic mass is 9.76. The third-order valence-corrected chi connectivity index (χ3v) is 19.8. The number of phenols is 1. The van der Waals surface area contributed by atoms with Crippen LogP contribution in [0.4, 0.5) is 0 Å². The van der Waals surface area contributed by atoms with Crippen LogP contribution in [0.25, 0.3) is 22.3 Å². The fraction of sp³-hybridized carbons (Fsp3) is 0.325. The topological polar surface area (TPSA) is 92.7 Å². The molecule has 9 aromatic rings. The standard InChI is InChI=1S/C80H89O8P/c1-49-38-61(39-50(2)74(49)86-79(16,17)63-42-53(5)72(54(6)43-63)84-76(9,10)11)78(14,15)62-40-51(3)75(52(4)41-62)87-80(18,19)64-44-55(7)73(56(8)45-64)85-77(12,13)47-57-28-32-59(33-29-57)60-34-30-58(31-35-60)48-83-65-36-37-68(81)71(46-65)89(82)70-27-23-21-25-67(70)66-24-20-22-26-69(66)88-89/h20-46,81H,47-48H2,1-19H3. The normalized spacial score (nSPS) is 14.3. The second-order valence-corrected chi connectivity index (χ2v) is 30.1. The Labute approximate surface area is 529 Å². The van der Waals surface area contributed by atoms with Gasteiger partial charge in [0, 0.05) is 17.4 Å². The van der Waals surface area contributed by atoms with E-state index in [1.807, 2.05) is 36.4 Å². The maximum Gasteiger partial charge on any atom is 0.311 e. The van der Waals surface area contributed by atoms with Gasteiger partial charge in [-0.2, -0.15) is 0 Å². The molecule has 0 amide bonds. The molecule has 0 saturated heterocycles. The summed E-state index contributed by atoms with van der Waals surface area (Å²) >= 11 is 0. The van der Waals surface area contributed by atoms with Gasteiger partial charge in [0.1, 0.15) is 69.3 Å². The molecule has 0 bridgehead atoms. The smallest absolute Gasteiger partial charge is 0.311 e. The van der Waals surface area contributed by atoms with Crippen LogP contribution in [-0.4, -0.2) is 16.3 Å². The zero-order chi connectivity index (χ0) is 64.3. The number of para-hydroxylation sites is 1. The van der Waals surface area contributed by atoms with Gasteiger partial charge in [-0.25, -0.2) is 0 Å². The van der Waals surface area contributed by atoms with E-state index in [1.165, 1.54) is 22.8 Å². The Balaban J connectivity index is 0.759. The number of aromatic hydroxyl groups is 1. The van der Waals surface area contributed by atoms with Crippen molar-refractivity contribution in [3.63, 3.8) is 0 Å². The Kier molecular flexibility index (Phi) is 17.2. The number of hydrogen-bond donors (Lipinski definition) is 1. The van der Waals surface area contributed by atoms with Gasteiger partial charge in [-0.05, 0) is 267 Å². The lowest BCUT2D eigenvalue weighted by Gasteiger charge is -2.34. The summed E-state index contributed by atoms with van der Waals surface area (Å²) in [5, 5.41) is 11.8. The Hall–Kier alpha value is -8.19. The first-order valence-electron chi connectivity index (χ1n) is 31.1. The summed E-state index contributed by atoms with van der Waals surface area (Å²) in [4.78, 5) is 0. The number of ether oxygens (including phenoxy) is 5. The molecule has 9 heteroatoms. The molecule has 1 heterocycles. The van der Waals surface area contributed by atoms with Crippen molar-refractivity contribution in [3.8, 4) is 62.5 Å². The van der Waals surface area contributed by atoms with Crippen molar-refractivity contribution in [1.29, 1.82) is 0 Å². The van der Waals surface area contributed by atoms with E-state index in [0.29, 0.717) is 23.2 Å². The molecule has 1 atom stereocenters. The molecule has 9 aromatic carbocycles. The fourth-order valence-corrected chi connectivity index (χ4v) is 14.8. The Morgan fingerprint density at radius 2 is 0.820 bits per heavy atom. The minimum atomic E-state index is -3.71. The summed E-state index contributed by atoms with van der Waals surface area (Å²) in [7, 11) is -3.71. The zero-order valence-corrected chi connectivity index (χ0v) is 56.6. The average Bonchev–Trinajstić information content (AvgIpc) is 0.801. The number of rotatable bonds is 18. The highest BCUT2D eigenvalue weighted by atomic mass is 31.2. The van der Waals surface area contributed by atoms with Gasteiger partial charge in [-0.3, -0.25) is 4.57 Å². The number of fused-ring (bicyclic) bond motifs is 3. The molecule has 8 nitrogen and oxygen atoms in total. The summed E-state index contributed by atoms with van der Waals surface area (Å²) in [5.74, 6) is 4.52. The van der Waals surface area contributed by atoms with Crippen LogP contribution in [0.2, 0.25) is 0 Å². The van der Waals surface area contributed by atoms with E-state index in [9.17, 15) is 9.67 Å². The van der Waals surface area contributed by atoms with Gasteiger partial charge in [0.05, 0.1) is 10.6 Å². The lowest BCUT2D eigenvalue weighted by molar-refractivity contribution is 0.103. The van der Waals surface area contributed by atoms with Gasteiger partial charge in [0.2, 0.25) is 0 Å². The summed E-state index contributed by atoms with van der Waals surface area (Å²) in [6.07, 6.45) is 0.714. The van der Waals surface area contributed by atoms with Crippen molar-refractivity contribution >= 4 is 18.0 Å². The molecular weight excluding hydrogens is 1120 g/mol. The van der Waals surface area contributed by atoms with Gasteiger partial charge in [0.15, 0.2) is 0 Å². The monoisotopic (exact) mass is 1210 g/mol. The third kappa shape index (κ3) is 13.4. The van der Waals surface area contributed by atoms with Gasteiger partial charge < -0.3 is 33.3 Å². The first-order valence-corrected chi connectivity index (χ1v) is 32.7. The highest BCUT2D eigenvalue weighted by Crippen LogP contribution is 2.55. The van der Waals surface area contributed by atoms with Crippen molar-refractivity contribution in [1.82, 2.24) is 0 Å². The van der Waals surface area contributed by atoms with Crippen LogP contribution in [0.15, 0.2) is 164 Å². The molecule has 1 aliphatic heterocycles. The van der Waals surface area contributed by atoms with Crippen molar-refractivity contribution in [2.45, 2.75) is 172 Å². The first kappa shape index (κ1) is 63.8. The van der Waals surface area contributed by atoms with E-state index in [4.69, 9.17) is 28.2 Å². The molecule has 0 aromatic heterocycles. The second-order valence-electron chi connectivity index (χ2n) is 27.8. The predicted molar refractivity (Wildman–Crippen MR) is 366 cm³/mol. The van der Waals surface area contributed by atoms with E-state index in [1.54, 1.807) is 24.3 Å². The predicted octanol–water partition coefficient (Wildman–Crippen LogP) is 19.9. The van der Waals surface area contributed by atoms with Crippen molar-refractivity contribution < 1.29 is 37.9 Å². The summed E-state index contributed by atoms with van der Waals surface area (Å²) in [5.41, 5.74) is 17.1. The summed E-state index contributed by atoms with van der Waals surface area (Å²) in [6, 6.07) is 54.9. The SMILES string of the molecule is Cc1cc(C(C)(C)Oc2c(C)cc(C(C)(C)c3cc(C)c(OC(C)(C)c4cc(C)c(OC(C)(C)Cc5ccc(-c6ccc(COc7ccc(O)c(P8(=O)Oc9ccccc9-c9ccccc98)c7)cc6)cc5)c(C)c4)c(C)c3)cc2C)cc(C)c1OC(C)(C)C. The molecule has 1 aliphatic rings. The van der Waals surface area contributed by atoms with Crippen LogP contribution in [0, 0.1) is 55.4 Å². The van der Waals surface area contributed by atoms with E-state index in [2.05, 4.69) is 229 Å². The van der Waals surface area contributed by atoms with E-state index in [0.717, 1.165) is 106 Å². The largest absolute Gasteiger partial charge is 0.507 e. The van der Waals surface area contributed by atoms with Crippen molar-refractivity contribution in [2.75, 3.05) is 0 Å². The molecule has 0 radical (unpaired) electrons. The van der Waals surface area contributed by atoms with Crippen LogP contribution in [0.1, 0.15) is 154 Å². The zero-order valence-electron chi connectivity index (χ0n) is 55.8. The molecule has 89 heavy (non-hydrogen) atoms. The van der Waals surface area contributed by atoms with Crippen LogP contribution in [0.5, 0.6) is 40.2 Å². The van der Waals surface area contributed by atoms with Crippen LogP contribution in [0.3, 0.4) is 0 Å². The number of benzene rings is 9. The Bertz CT molecular complexity index is 4100. The van der Waals surface area contributed by atoms with E-state index >= 15 is 0 Å². The Morgan fingerprint density at radius 3 is 1.29 bits per heavy atom. The van der Waals surface area contributed by atoms with Crippen LogP contribution in [-0.2, 0) is 34.2 Å². The maximum absolute atomic E-state index is 14.8. The molecule has 0 aliphatic carbocycles. The van der Waals surface area contributed by atoms with E-state index in [-0.39, 0.29) is 28.7 Å². The Morgan fingerprint density at radius 1 is 0.416 bits per heavy atom.